The van der Waals surface area contributed by atoms with Gasteiger partial charge in [0.15, 0.2) is 0 Å². The normalized spacial score (nSPS) is 14.4. The van der Waals surface area contributed by atoms with E-state index in [4.69, 9.17) is 11.6 Å². The van der Waals surface area contributed by atoms with E-state index < -0.39 is 6.10 Å². The molecule has 0 spiro atoms. The molecule has 2 nitrogen and oxygen atoms in total. The van der Waals surface area contributed by atoms with Crippen LogP contribution in [0.3, 0.4) is 0 Å². The van der Waals surface area contributed by atoms with Crippen LogP contribution >= 0.6 is 22.9 Å². The Kier molecular flexibility index (Phi) is 4.80. The minimum absolute atomic E-state index is 0.266. The second kappa shape index (κ2) is 5.50. The zero-order valence-corrected chi connectivity index (χ0v) is 11.9. The van der Waals surface area contributed by atoms with Crippen LogP contribution in [0.25, 0.3) is 0 Å². The van der Waals surface area contributed by atoms with Gasteiger partial charge in [0.1, 0.15) is 6.10 Å². The van der Waals surface area contributed by atoms with Crippen molar-refractivity contribution in [2.75, 3.05) is 13.1 Å². The SMILES string of the molecule is CCN(CC)C(C)(C)C(O)c1ccc(Cl)s1. The van der Waals surface area contributed by atoms with E-state index in [2.05, 4.69) is 32.6 Å². The summed E-state index contributed by atoms with van der Waals surface area (Å²) in [4.78, 5) is 3.19. The summed E-state index contributed by atoms with van der Waals surface area (Å²) in [6, 6.07) is 3.74. The lowest BCUT2D eigenvalue weighted by Gasteiger charge is -2.40. The maximum atomic E-state index is 10.4. The fourth-order valence-electron chi connectivity index (χ4n) is 2.03. The van der Waals surface area contributed by atoms with Crippen molar-refractivity contribution in [1.29, 1.82) is 0 Å². The van der Waals surface area contributed by atoms with Crippen molar-refractivity contribution in [1.82, 2.24) is 4.90 Å². The first-order chi connectivity index (χ1) is 7.43. The van der Waals surface area contributed by atoms with Gasteiger partial charge in [-0.3, -0.25) is 4.90 Å². The van der Waals surface area contributed by atoms with E-state index in [-0.39, 0.29) is 5.54 Å². The quantitative estimate of drug-likeness (QED) is 0.876. The van der Waals surface area contributed by atoms with Gasteiger partial charge in [0.05, 0.1) is 4.34 Å². The number of nitrogens with zero attached hydrogens (tertiary/aromatic N) is 1. The molecule has 4 heteroatoms. The van der Waals surface area contributed by atoms with E-state index in [0.29, 0.717) is 0 Å². The van der Waals surface area contributed by atoms with Crippen molar-refractivity contribution in [3.8, 4) is 0 Å². The van der Waals surface area contributed by atoms with Gasteiger partial charge in [0, 0.05) is 10.4 Å². The number of likely N-dealkylation sites (N-methyl/N-ethyl adjacent to an activating group) is 1. The second-order valence-corrected chi connectivity index (χ2v) is 6.12. The maximum absolute atomic E-state index is 10.4. The first-order valence-electron chi connectivity index (χ1n) is 5.61. The number of hydrogen-bond acceptors (Lipinski definition) is 3. The molecule has 0 aliphatic carbocycles. The molecule has 0 bridgehead atoms. The fourth-order valence-corrected chi connectivity index (χ4v) is 3.26. The van der Waals surface area contributed by atoms with Crippen LogP contribution in [0, 0.1) is 0 Å². The van der Waals surface area contributed by atoms with Crippen LogP contribution in [0.15, 0.2) is 12.1 Å². The van der Waals surface area contributed by atoms with Gasteiger partial charge in [-0.05, 0) is 39.1 Å². The average molecular weight is 262 g/mol. The minimum atomic E-state index is -0.495. The highest BCUT2D eigenvalue weighted by molar-refractivity contribution is 7.16. The lowest BCUT2D eigenvalue weighted by atomic mass is 9.93. The van der Waals surface area contributed by atoms with Crippen molar-refractivity contribution in [3.05, 3.63) is 21.3 Å². The zero-order valence-electron chi connectivity index (χ0n) is 10.3. The molecule has 0 saturated carbocycles. The molecule has 1 N–H and O–H groups in total. The van der Waals surface area contributed by atoms with E-state index in [0.717, 1.165) is 22.3 Å². The van der Waals surface area contributed by atoms with Crippen molar-refractivity contribution in [2.45, 2.75) is 39.3 Å². The number of hydrogen-bond donors (Lipinski definition) is 1. The molecule has 1 aromatic heterocycles. The summed E-state index contributed by atoms with van der Waals surface area (Å²) in [5.41, 5.74) is -0.266. The van der Waals surface area contributed by atoms with Crippen LogP contribution in [0.4, 0.5) is 0 Å². The molecule has 0 amide bonds. The molecule has 1 atom stereocenters. The minimum Gasteiger partial charge on any atom is -0.386 e. The van der Waals surface area contributed by atoms with E-state index in [1.165, 1.54) is 11.3 Å². The van der Waals surface area contributed by atoms with Crippen LogP contribution in [0.2, 0.25) is 4.34 Å². The summed E-state index contributed by atoms with van der Waals surface area (Å²) in [5, 5.41) is 10.4. The Labute approximate surface area is 107 Å². The highest BCUT2D eigenvalue weighted by atomic mass is 35.5. The maximum Gasteiger partial charge on any atom is 0.106 e. The first-order valence-corrected chi connectivity index (χ1v) is 6.81. The molecule has 1 heterocycles. The Balaban J connectivity index is 2.90. The smallest absolute Gasteiger partial charge is 0.106 e. The van der Waals surface area contributed by atoms with Crippen LogP contribution in [-0.4, -0.2) is 28.6 Å². The van der Waals surface area contributed by atoms with E-state index in [1.54, 1.807) is 0 Å². The van der Waals surface area contributed by atoms with Gasteiger partial charge in [-0.1, -0.05) is 25.4 Å². The summed E-state index contributed by atoms with van der Waals surface area (Å²) in [6.45, 7) is 10.2. The Morgan fingerprint density at radius 3 is 2.31 bits per heavy atom. The molecular formula is C12H20ClNOS. The Morgan fingerprint density at radius 1 is 1.38 bits per heavy atom. The van der Waals surface area contributed by atoms with Crippen molar-refractivity contribution < 1.29 is 5.11 Å². The molecule has 0 aromatic carbocycles. The highest BCUT2D eigenvalue weighted by Gasteiger charge is 2.34. The molecule has 0 radical (unpaired) electrons. The number of rotatable bonds is 5. The predicted octanol–water partition coefficient (Wildman–Crippen LogP) is 3.56. The number of aliphatic hydroxyl groups excluding tert-OH is 1. The summed E-state index contributed by atoms with van der Waals surface area (Å²) in [5.74, 6) is 0. The number of aliphatic hydroxyl groups is 1. The largest absolute Gasteiger partial charge is 0.386 e. The first kappa shape index (κ1) is 14.0. The van der Waals surface area contributed by atoms with Crippen LogP contribution in [0.1, 0.15) is 38.7 Å². The molecule has 1 aromatic rings. The molecule has 0 aliphatic rings. The van der Waals surface area contributed by atoms with Crippen LogP contribution < -0.4 is 0 Å². The molecule has 1 unspecified atom stereocenters. The average Bonchev–Trinajstić information content (AvgIpc) is 2.65. The molecule has 0 saturated heterocycles. The predicted molar refractivity (Wildman–Crippen MR) is 71.3 cm³/mol. The van der Waals surface area contributed by atoms with E-state index in [9.17, 15) is 5.11 Å². The molecule has 0 aliphatic heterocycles. The highest BCUT2D eigenvalue weighted by Crippen LogP contribution is 2.35. The molecular weight excluding hydrogens is 242 g/mol. The molecule has 0 fully saturated rings. The zero-order chi connectivity index (χ0) is 12.3. The Bertz CT molecular complexity index is 334. The molecule has 92 valence electrons. The van der Waals surface area contributed by atoms with Gasteiger partial charge in [-0.15, -0.1) is 11.3 Å². The summed E-state index contributed by atoms with van der Waals surface area (Å²) in [6.07, 6.45) is -0.495. The van der Waals surface area contributed by atoms with Gasteiger partial charge in [-0.2, -0.15) is 0 Å². The van der Waals surface area contributed by atoms with Crippen molar-refractivity contribution >= 4 is 22.9 Å². The summed E-state index contributed by atoms with van der Waals surface area (Å²) in [7, 11) is 0. The van der Waals surface area contributed by atoms with Crippen LogP contribution in [0.5, 0.6) is 0 Å². The van der Waals surface area contributed by atoms with Crippen LogP contribution in [-0.2, 0) is 0 Å². The monoisotopic (exact) mass is 261 g/mol. The van der Waals surface area contributed by atoms with Gasteiger partial charge in [0.25, 0.3) is 0 Å². The Morgan fingerprint density at radius 2 is 1.94 bits per heavy atom. The fraction of sp³-hybridized carbons (Fsp3) is 0.667. The third kappa shape index (κ3) is 2.77. The lowest BCUT2D eigenvalue weighted by molar-refractivity contribution is -0.00423. The third-order valence-corrected chi connectivity index (χ3v) is 4.39. The van der Waals surface area contributed by atoms with E-state index in [1.807, 2.05) is 12.1 Å². The molecule has 1 rings (SSSR count). The van der Waals surface area contributed by atoms with E-state index >= 15 is 0 Å². The van der Waals surface area contributed by atoms with Gasteiger partial charge in [0.2, 0.25) is 0 Å². The van der Waals surface area contributed by atoms with Gasteiger partial charge in [-0.25, -0.2) is 0 Å². The van der Waals surface area contributed by atoms with Gasteiger partial charge >= 0.3 is 0 Å². The van der Waals surface area contributed by atoms with Crippen molar-refractivity contribution in [2.24, 2.45) is 0 Å². The second-order valence-electron chi connectivity index (χ2n) is 4.37. The summed E-state index contributed by atoms with van der Waals surface area (Å²) >= 11 is 7.35. The van der Waals surface area contributed by atoms with Gasteiger partial charge < -0.3 is 5.11 Å². The molecule has 16 heavy (non-hydrogen) atoms. The topological polar surface area (TPSA) is 23.5 Å². The lowest BCUT2D eigenvalue weighted by Crippen LogP contribution is -2.48. The Hall–Kier alpha value is -0.0900. The number of halogens is 1. The summed E-state index contributed by atoms with van der Waals surface area (Å²) < 4.78 is 0.726. The third-order valence-electron chi connectivity index (χ3n) is 3.11. The number of thiophene rings is 1. The van der Waals surface area contributed by atoms with Crippen molar-refractivity contribution in [3.63, 3.8) is 0 Å². The standard InChI is InChI=1S/C12H20ClNOS/c1-5-14(6-2)12(3,4)11(15)9-7-8-10(13)16-9/h7-8,11,15H,5-6H2,1-4H3.